The molecule has 1 fully saturated rings. The molecule has 0 radical (unpaired) electrons. The maximum absolute atomic E-state index is 12.1. The minimum atomic E-state index is -0.350. The molecule has 4 heteroatoms. The quantitative estimate of drug-likeness (QED) is 0.545. The number of hydrogen-bond acceptors (Lipinski definition) is 3. The Morgan fingerprint density at radius 1 is 1.25 bits per heavy atom. The summed E-state index contributed by atoms with van der Waals surface area (Å²) in [6.07, 6.45) is 3.81. The van der Waals surface area contributed by atoms with Gasteiger partial charge in [0, 0.05) is 12.5 Å². The third kappa shape index (κ3) is 1.40. The van der Waals surface area contributed by atoms with Crippen molar-refractivity contribution < 1.29 is 14.7 Å². The number of rotatable bonds is 2. The Hall–Kier alpha value is -1.16. The maximum Gasteiger partial charge on any atom is 0.233 e. The van der Waals surface area contributed by atoms with E-state index in [0.717, 1.165) is 0 Å². The second kappa shape index (κ2) is 4.01. The molecule has 0 aromatic rings. The Labute approximate surface area is 94.9 Å². The van der Waals surface area contributed by atoms with Crippen molar-refractivity contribution in [2.45, 2.75) is 13.8 Å². The van der Waals surface area contributed by atoms with Gasteiger partial charge in [-0.1, -0.05) is 19.1 Å². The number of aliphatic hydroxyl groups is 1. The number of hydrogen-bond donors (Lipinski definition) is 1. The lowest BCUT2D eigenvalue weighted by Gasteiger charge is -2.28. The van der Waals surface area contributed by atoms with Crippen molar-refractivity contribution >= 4 is 11.8 Å². The molecule has 4 atom stereocenters. The summed E-state index contributed by atoms with van der Waals surface area (Å²) in [4.78, 5) is 25.4. The van der Waals surface area contributed by atoms with Gasteiger partial charge in [0.2, 0.25) is 11.8 Å². The van der Waals surface area contributed by atoms with E-state index in [1.54, 1.807) is 6.92 Å². The van der Waals surface area contributed by atoms with Gasteiger partial charge in [-0.3, -0.25) is 14.5 Å². The Kier molecular flexibility index (Phi) is 2.84. The molecule has 0 saturated carbocycles. The highest BCUT2D eigenvalue weighted by Gasteiger charge is 2.52. The van der Waals surface area contributed by atoms with Gasteiger partial charge in [0.25, 0.3) is 0 Å². The molecule has 2 aliphatic rings. The number of amides is 2. The first kappa shape index (κ1) is 11.3. The number of imide groups is 1. The fourth-order valence-corrected chi connectivity index (χ4v) is 2.82. The molecule has 1 N–H and O–H groups in total. The molecule has 0 aromatic heterocycles. The number of carbonyl (C=O) groups excluding carboxylic acids is 2. The van der Waals surface area contributed by atoms with E-state index in [-0.39, 0.29) is 42.1 Å². The highest BCUT2D eigenvalue weighted by molar-refractivity contribution is 6.05. The number of carbonyl (C=O) groups is 2. The monoisotopic (exact) mass is 223 g/mol. The van der Waals surface area contributed by atoms with Crippen molar-refractivity contribution in [3.8, 4) is 0 Å². The predicted octanol–water partition coefficient (Wildman–Crippen LogP) is 0.422. The Morgan fingerprint density at radius 3 is 2.44 bits per heavy atom. The lowest BCUT2D eigenvalue weighted by atomic mass is 9.73. The van der Waals surface area contributed by atoms with Crippen LogP contribution < -0.4 is 0 Å². The van der Waals surface area contributed by atoms with Gasteiger partial charge in [0.1, 0.15) is 0 Å². The van der Waals surface area contributed by atoms with Crippen LogP contribution in [-0.2, 0) is 9.59 Å². The van der Waals surface area contributed by atoms with Crippen LogP contribution in [-0.4, -0.2) is 35.0 Å². The molecule has 0 bridgehead atoms. The Balaban J connectivity index is 2.37. The summed E-state index contributed by atoms with van der Waals surface area (Å²) in [7, 11) is 0. The first-order chi connectivity index (χ1) is 7.61. The van der Waals surface area contributed by atoms with Crippen LogP contribution in [0, 0.1) is 23.7 Å². The topological polar surface area (TPSA) is 57.6 Å². The van der Waals surface area contributed by atoms with E-state index in [1.807, 2.05) is 19.1 Å². The summed E-state index contributed by atoms with van der Waals surface area (Å²) in [6.45, 7) is 4.11. The molecule has 2 amide bonds. The van der Waals surface area contributed by atoms with Gasteiger partial charge in [-0.25, -0.2) is 0 Å². The molecule has 4 unspecified atom stereocenters. The summed E-state index contributed by atoms with van der Waals surface area (Å²) in [5.74, 6) is -0.928. The van der Waals surface area contributed by atoms with Crippen LogP contribution in [0.1, 0.15) is 13.8 Å². The van der Waals surface area contributed by atoms with Gasteiger partial charge in [-0.15, -0.1) is 0 Å². The minimum absolute atomic E-state index is 0.0685. The molecular formula is C12H17NO3. The molecule has 1 heterocycles. The van der Waals surface area contributed by atoms with Crippen molar-refractivity contribution in [1.82, 2.24) is 4.90 Å². The van der Waals surface area contributed by atoms with Crippen LogP contribution in [0.2, 0.25) is 0 Å². The van der Waals surface area contributed by atoms with E-state index in [0.29, 0.717) is 6.54 Å². The highest BCUT2D eigenvalue weighted by Crippen LogP contribution is 2.41. The molecule has 0 aromatic carbocycles. The second-order valence-corrected chi connectivity index (χ2v) is 4.56. The molecule has 2 rings (SSSR count). The molecule has 1 aliphatic heterocycles. The number of likely N-dealkylation sites (tertiary alicyclic amines) is 1. The van der Waals surface area contributed by atoms with Crippen LogP contribution >= 0.6 is 0 Å². The fraction of sp³-hybridized carbons (Fsp3) is 0.667. The predicted molar refractivity (Wildman–Crippen MR) is 58.3 cm³/mol. The first-order valence-corrected chi connectivity index (χ1v) is 5.76. The Bertz CT molecular complexity index is 350. The third-order valence-corrected chi connectivity index (χ3v) is 3.71. The summed E-state index contributed by atoms with van der Waals surface area (Å²) >= 11 is 0. The SMILES string of the molecule is CCN1C(=O)C2C(C)C=CC(CO)C2C1=O. The standard InChI is InChI=1S/C12H17NO3/c1-3-13-11(15)9-7(2)4-5-8(6-14)10(9)12(13)16/h4-5,7-10,14H,3,6H2,1-2H3. The molecular weight excluding hydrogens is 206 g/mol. The lowest BCUT2D eigenvalue weighted by Crippen LogP contribution is -2.34. The maximum atomic E-state index is 12.1. The molecule has 88 valence electrons. The van der Waals surface area contributed by atoms with E-state index in [2.05, 4.69) is 0 Å². The van der Waals surface area contributed by atoms with Crippen LogP contribution in [0.5, 0.6) is 0 Å². The van der Waals surface area contributed by atoms with Gasteiger partial charge in [0.05, 0.1) is 18.4 Å². The van der Waals surface area contributed by atoms with Crippen molar-refractivity contribution in [3.63, 3.8) is 0 Å². The van der Waals surface area contributed by atoms with E-state index >= 15 is 0 Å². The largest absolute Gasteiger partial charge is 0.396 e. The van der Waals surface area contributed by atoms with Gasteiger partial charge >= 0.3 is 0 Å². The summed E-state index contributed by atoms with van der Waals surface area (Å²) in [5, 5.41) is 9.25. The van der Waals surface area contributed by atoms with E-state index in [1.165, 1.54) is 4.90 Å². The number of fused-ring (bicyclic) bond motifs is 1. The van der Waals surface area contributed by atoms with Gasteiger partial charge < -0.3 is 5.11 Å². The molecule has 16 heavy (non-hydrogen) atoms. The van der Waals surface area contributed by atoms with Gasteiger partial charge in [-0.2, -0.15) is 0 Å². The zero-order valence-electron chi connectivity index (χ0n) is 9.59. The van der Waals surface area contributed by atoms with Crippen molar-refractivity contribution in [3.05, 3.63) is 12.2 Å². The van der Waals surface area contributed by atoms with Crippen LogP contribution in [0.3, 0.4) is 0 Å². The fourth-order valence-electron chi connectivity index (χ4n) is 2.82. The zero-order valence-corrected chi connectivity index (χ0v) is 9.59. The van der Waals surface area contributed by atoms with E-state index in [9.17, 15) is 14.7 Å². The van der Waals surface area contributed by atoms with Gasteiger partial charge in [0.15, 0.2) is 0 Å². The average Bonchev–Trinajstić information content (AvgIpc) is 2.53. The van der Waals surface area contributed by atoms with E-state index in [4.69, 9.17) is 0 Å². The highest BCUT2D eigenvalue weighted by atomic mass is 16.3. The normalized spacial score (nSPS) is 38.1. The van der Waals surface area contributed by atoms with E-state index < -0.39 is 0 Å². The molecule has 1 aliphatic carbocycles. The summed E-state index contributed by atoms with van der Waals surface area (Å²) in [6, 6.07) is 0. The summed E-state index contributed by atoms with van der Waals surface area (Å²) < 4.78 is 0. The first-order valence-electron chi connectivity index (χ1n) is 5.76. The minimum Gasteiger partial charge on any atom is -0.396 e. The van der Waals surface area contributed by atoms with Crippen LogP contribution in [0.4, 0.5) is 0 Å². The van der Waals surface area contributed by atoms with Crippen LogP contribution in [0.25, 0.3) is 0 Å². The number of nitrogens with zero attached hydrogens (tertiary/aromatic N) is 1. The lowest BCUT2D eigenvalue weighted by molar-refractivity contribution is -0.140. The average molecular weight is 223 g/mol. The number of aliphatic hydroxyl groups excluding tert-OH is 1. The van der Waals surface area contributed by atoms with Gasteiger partial charge in [-0.05, 0) is 12.8 Å². The molecule has 1 saturated heterocycles. The second-order valence-electron chi connectivity index (χ2n) is 4.56. The molecule has 0 spiro atoms. The summed E-state index contributed by atoms with van der Waals surface area (Å²) in [5.41, 5.74) is 0. The zero-order chi connectivity index (χ0) is 11.9. The third-order valence-electron chi connectivity index (χ3n) is 3.71. The van der Waals surface area contributed by atoms with Crippen LogP contribution in [0.15, 0.2) is 12.2 Å². The van der Waals surface area contributed by atoms with Crippen molar-refractivity contribution in [2.75, 3.05) is 13.2 Å². The van der Waals surface area contributed by atoms with Crippen molar-refractivity contribution in [1.29, 1.82) is 0 Å². The smallest absolute Gasteiger partial charge is 0.233 e. The molecule has 4 nitrogen and oxygen atoms in total. The van der Waals surface area contributed by atoms with Crippen molar-refractivity contribution in [2.24, 2.45) is 23.7 Å². The Morgan fingerprint density at radius 2 is 1.88 bits per heavy atom. The number of allylic oxidation sites excluding steroid dienone is 1.